The van der Waals surface area contributed by atoms with Gasteiger partial charge in [0.2, 0.25) is 0 Å². The SMILES string of the molecule is CC(CNC(=O)c1c2c(nc3ccccc13)/C(=C/c1ccccc1)CC2)N1CCOCC1. The third-order valence-corrected chi connectivity index (χ3v) is 6.54. The minimum atomic E-state index is 0.000852. The van der Waals surface area contributed by atoms with Gasteiger partial charge in [0.05, 0.1) is 30.0 Å². The number of morpholine rings is 1. The van der Waals surface area contributed by atoms with Gasteiger partial charge < -0.3 is 10.1 Å². The molecule has 1 unspecified atom stereocenters. The fourth-order valence-corrected chi connectivity index (χ4v) is 4.76. The molecule has 2 heterocycles. The van der Waals surface area contributed by atoms with Crippen molar-refractivity contribution in [3.8, 4) is 0 Å². The zero-order chi connectivity index (χ0) is 21.9. The number of rotatable bonds is 5. The summed E-state index contributed by atoms with van der Waals surface area (Å²) in [4.78, 5) is 20.8. The lowest BCUT2D eigenvalue weighted by atomic mass is 9.99. The minimum absolute atomic E-state index is 0.000852. The molecule has 5 rings (SSSR count). The van der Waals surface area contributed by atoms with E-state index in [9.17, 15) is 4.79 Å². The molecule has 1 fully saturated rings. The van der Waals surface area contributed by atoms with Crippen LogP contribution in [-0.4, -0.2) is 54.7 Å². The predicted octanol–water partition coefficient (Wildman–Crippen LogP) is 4.17. The number of fused-ring (bicyclic) bond motifs is 2. The third-order valence-electron chi connectivity index (χ3n) is 6.54. The quantitative estimate of drug-likeness (QED) is 0.664. The first-order valence-electron chi connectivity index (χ1n) is 11.5. The van der Waals surface area contributed by atoms with Gasteiger partial charge in [-0.15, -0.1) is 0 Å². The van der Waals surface area contributed by atoms with Crippen LogP contribution in [0.3, 0.4) is 0 Å². The Morgan fingerprint density at radius 1 is 1.09 bits per heavy atom. The highest BCUT2D eigenvalue weighted by molar-refractivity contribution is 6.09. The number of para-hydroxylation sites is 1. The van der Waals surface area contributed by atoms with Crippen molar-refractivity contribution in [2.24, 2.45) is 0 Å². The summed E-state index contributed by atoms with van der Waals surface area (Å²) in [7, 11) is 0. The second-order valence-electron chi connectivity index (χ2n) is 8.62. The molecule has 32 heavy (non-hydrogen) atoms. The summed E-state index contributed by atoms with van der Waals surface area (Å²) in [6.45, 7) is 6.14. The van der Waals surface area contributed by atoms with Gasteiger partial charge in [-0.3, -0.25) is 9.69 Å². The lowest BCUT2D eigenvalue weighted by Crippen LogP contribution is -2.47. The normalized spacial score (nSPS) is 18.6. The average Bonchev–Trinajstić information content (AvgIpc) is 3.23. The van der Waals surface area contributed by atoms with Crippen LogP contribution in [0.5, 0.6) is 0 Å². The molecule has 0 saturated carbocycles. The number of pyridine rings is 1. The first-order valence-corrected chi connectivity index (χ1v) is 11.5. The van der Waals surface area contributed by atoms with Crippen molar-refractivity contribution in [2.75, 3.05) is 32.8 Å². The van der Waals surface area contributed by atoms with Gasteiger partial charge >= 0.3 is 0 Å². The maximum Gasteiger partial charge on any atom is 0.252 e. The highest BCUT2D eigenvalue weighted by Gasteiger charge is 2.27. The van der Waals surface area contributed by atoms with Crippen LogP contribution < -0.4 is 5.32 Å². The van der Waals surface area contributed by atoms with Crippen molar-refractivity contribution >= 4 is 28.5 Å². The predicted molar refractivity (Wildman–Crippen MR) is 129 cm³/mol. The van der Waals surface area contributed by atoms with Crippen LogP contribution in [0.25, 0.3) is 22.6 Å². The summed E-state index contributed by atoms with van der Waals surface area (Å²) in [5, 5.41) is 4.15. The average molecular weight is 428 g/mol. The lowest BCUT2D eigenvalue weighted by Gasteiger charge is -2.32. The summed E-state index contributed by atoms with van der Waals surface area (Å²) in [6, 6.07) is 18.6. The van der Waals surface area contributed by atoms with Crippen LogP contribution in [0, 0.1) is 0 Å². The Balaban J connectivity index is 1.46. The molecule has 1 aromatic heterocycles. The number of carbonyl (C=O) groups excluding carboxylic acids is 1. The van der Waals surface area contributed by atoms with E-state index >= 15 is 0 Å². The van der Waals surface area contributed by atoms with Gasteiger partial charge in [0.15, 0.2) is 0 Å². The van der Waals surface area contributed by atoms with E-state index in [0.29, 0.717) is 6.54 Å². The first kappa shape index (κ1) is 20.9. The molecule has 1 amide bonds. The summed E-state index contributed by atoms with van der Waals surface area (Å²) < 4.78 is 5.45. The van der Waals surface area contributed by atoms with Crippen LogP contribution in [0.15, 0.2) is 54.6 Å². The number of carbonyl (C=O) groups is 1. The maximum absolute atomic E-state index is 13.5. The molecule has 164 valence electrons. The second kappa shape index (κ2) is 9.23. The number of allylic oxidation sites excluding steroid dienone is 1. The molecular weight excluding hydrogens is 398 g/mol. The van der Waals surface area contributed by atoms with E-state index in [-0.39, 0.29) is 11.9 Å². The number of hydrogen-bond acceptors (Lipinski definition) is 4. The van der Waals surface area contributed by atoms with Crippen molar-refractivity contribution in [3.63, 3.8) is 0 Å². The standard InChI is InChI=1S/C27H29N3O2/c1-19(30-13-15-32-16-14-30)18-28-27(31)25-22-9-5-6-10-24(22)29-26-21(11-12-23(25)26)17-20-7-3-2-4-8-20/h2-10,17,19H,11-16,18H2,1H3,(H,28,31)/b21-17+. The second-order valence-corrected chi connectivity index (χ2v) is 8.62. The molecule has 1 saturated heterocycles. The van der Waals surface area contributed by atoms with Gasteiger partial charge in [0.1, 0.15) is 0 Å². The summed E-state index contributed by atoms with van der Waals surface area (Å²) in [5.74, 6) is 0.000852. The molecule has 1 N–H and O–H groups in total. The summed E-state index contributed by atoms with van der Waals surface area (Å²) in [5.41, 5.74) is 6.07. The molecule has 5 heteroatoms. The van der Waals surface area contributed by atoms with Gasteiger partial charge in [-0.2, -0.15) is 0 Å². The van der Waals surface area contributed by atoms with Gasteiger partial charge in [0.25, 0.3) is 5.91 Å². The maximum atomic E-state index is 13.5. The largest absolute Gasteiger partial charge is 0.379 e. The van der Waals surface area contributed by atoms with Crippen molar-refractivity contribution in [1.82, 2.24) is 15.2 Å². The molecule has 1 aliphatic heterocycles. The van der Waals surface area contributed by atoms with Crippen LogP contribution in [0.4, 0.5) is 0 Å². The third kappa shape index (κ3) is 4.18. The molecule has 0 radical (unpaired) electrons. The lowest BCUT2D eigenvalue weighted by molar-refractivity contribution is 0.0204. The van der Waals surface area contributed by atoms with E-state index in [1.807, 2.05) is 42.5 Å². The Hall–Kier alpha value is -3.02. The number of aromatic nitrogens is 1. The smallest absolute Gasteiger partial charge is 0.252 e. The van der Waals surface area contributed by atoms with E-state index in [0.717, 1.165) is 72.4 Å². The van der Waals surface area contributed by atoms with Crippen molar-refractivity contribution in [2.45, 2.75) is 25.8 Å². The molecule has 1 aliphatic carbocycles. The number of amides is 1. The van der Waals surface area contributed by atoms with Crippen LogP contribution in [-0.2, 0) is 11.2 Å². The first-order chi connectivity index (χ1) is 15.7. The zero-order valence-electron chi connectivity index (χ0n) is 18.5. The van der Waals surface area contributed by atoms with Gasteiger partial charge in [-0.05, 0) is 48.6 Å². The van der Waals surface area contributed by atoms with E-state index in [2.05, 4.69) is 35.3 Å². The number of nitrogens with zero attached hydrogens (tertiary/aromatic N) is 2. The fourth-order valence-electron chi connectivity index (χ4n) is 4.76. The highest BCUT2D eigenvalue weighted by Crippen LogP contribution is 2.37. The summed E-state index contributed by atoms with van der Waals surface area (Å²) >= 11 is 0. The fraction of sp³-hybridized carbons (Fsp3) is 0.333. The van der Waals surface area contributed by atoms with Crippen LogP contribution in [0.2, 0.25) is 0 Å². The highest BCUT2D eigenvalue weighted by atomic mass is 16.5. The van der Waals surface area contributed by atoms with Gasteiger partial charge in [0, 0.05) is 31.1 Å². The Kier molecular flexibility index (Phi) is 6.02. The van der Waals surface area contributed by atoms with Gasteiger partial charge in [-0.1, -0.05) is 48.5 Å². The number of hydrogen-bond donors (Lipinski definition) is 1. The Labute approximate surface area is 189 Å². The Morgan fingerprint density at radius 2 is 1.84 bits per heavy atom. The van der Waals surface area contributed by atoms with Crippen molar-refractivity contribution < 1.29 is 9.53 Å². The summed E-state index contributed by atoms with van der Waals surface area (Å²) in [6.07, 6.45) is 3.95. The molecule has 0 spiro atoms. The molecule has 5 nitrogen and oxygen atoms in total. The topological polar surface area (TPSA) is 54.5 Å². The molecule has 1 atom stereocenters. The number of nitrogens with one attached hydrogen (secondary N) is 1. The molecule has 2 aliphatic rings. The monoisotopic (exact) mass is 427 g/mol. The van der Waals surface area contributed by atoms with Crippen LogP contribution in [0.1, 0.15) is 40.5 Å². The minimum Gasteiger partial charge on any atom is -0.379 e. The Morgan fingerprint density at radius 3 is 2.66 bits per heavy atom. The van der Waals surface area contributed by atoms with Gasteiger partial charge in [-0.25, -0.2) is 4.98 Å². The number of ether oxygens (including phenoxy) is 1. The molecule has 2 aromatic carbocycles. The van der Waals surface area contributed by atoms with Crippen molar-refractivity contribution in [1.29, 1.82) is 0 Å². The van der Waals surface area contributed by atoms with E-state index in [1.165, 1.54) is 5.57 Å². The molecular formula is C27H29N3O2. The molecule has 0 bridgehead atoms. The molecule has 3 aromatic rings. The van der Waals surface area contributed by atoms with Crippen molar-refractivity contribution in [3.05, 3.63) is 77.0 Å². The van der Waals surface area contributed by atoms with E-state index in [4.69, 9.17) is 9.72 Å². The van der Waals surface area contributed by atoms with E-state index < -0.39 is 0 Å². The Bertz CT molecular complexity index is 1150. The van der Waals surface area contributed by atoms with E-state index in [1.54, 1.807) is 0 Å². The zero-order valence-corrected chi connectivity index (χ0v) is 18.5. The van der Waals surface area contributed by atoms with Crippen LogP contribution >= 0.6 is 0 Å². The number of benzene rings is 2.